The molecule has 2 aromatic rings. The van der Waals surface area contributed by atoms with Crippen LogP contribution in [0.1, 0.15) is 37.2 Å². The van der Waals surface area contributed by atoms with Gasteiger partial charge in [-0.1, -0.05) is 41.9 Å². The molecule has 6 heteroatoms. The van der Waals surface area contributed by atoms with E-state index < -0.39 is 0 Å². The van der Waals surface area contributed by atoms with Crippen molar-refractivity contribution in [3.8, 4) is 0 Å². The first-order valence-electron chi connectivity index (χ1n) is 5.39. The summed E-state index contributed by atoms with van der Waals surface area (Å²) in [5, 5.41) is 12.1. The van der Waals surface area contributed by atoms with Crippen LogP contribution >= 0.6 is 27.3 Å². The van der Waals surface area contributed by atoms with Crippen molar-refractivity contribution in [3.63, 3.8) is 0 Å². The molecule has 0 bridgehead atoms. The standard InChI is InChI=1S/C11H15BrN4S/c1-11(2,3)10-13-9(7-17-10)6-16-5-8(4-12)14-15-16/h5,7H,4,6H2,1-3H3. The van der Waals surface area contributed by atoms with Gasteiger partial charge in [-0.25, -0.2) is 9.67 Å². The molecule has 17 heavy (non-hydrogen) atoms. The molecule has 0 fully saturated rings. The van der Waals surface area contributed by atoms with E-state index in [1.54, 1.807) is 11.3 Å². The lowest BCUT2D eigenvalue weighted by Gasteiger charge is -2.13. The minimum Gasteiger partial charge on any atom is -0.246 e. The maximum atomic E-state index is 4.63. The van der Waals surface area contributed by atoms with Gasteiger partial charge in [0.1, 0.15) is 0 Å². The van der Waals surface area contributed by atoms with Crippen molar-refractivity contribution in [1.82, 2.24) is 20.0 Å². The van der Waals surface area contributed by atoms with Crippen LogP contribution in [0.25, 0.3) is 0 Å². The molecule has 0 amide bonds. The van der Waals surface area contributed by atoms with E-state index in [2.05, 4.69) is 57.4 Å². The summed E-state index contributed by atoms with van der Waals surface area (Å²) in [5.41, 5.74) is 2.11. The Bertz CT molecular complexity index is 498. The van der Waals surface area contributed by atoms with Gasteiger partial charge in [-0.3, -0.25) is 0 Å². The van der Waals surface area contributed by atoms with Gasteiger partial charge in [-0.05, 0) is 0 Å². The average molecular weight is 315 g/mol. The third kappa shape index (κ3) is 3.13. The number of hydrogen-bond acceptors (Lipinski definition) is 4. The molecule has 2 heterocycles. The van der Waals surface area contributed by atoms with Crippen LogP contribution in [0.3, 0.4) is 0 Å². The first-order chi connectivity index (χ1) is 7.99. The Kier molecular flexibility index (Phi) is 3.63. The molecule has 0 unspecified atom stereocenters. The fourth-order valence-corrected chi connectivity index (χ4v) is 2.52. The van der Waals surface area contributed by atoms with Crippen LogP contribution in [0.4, 0.5) is 0 Å². The molecule has 0 N–H and O–H groups in total. The van der Waals surface area contributed by atoms with Crippen molar-refractivity contribution in [2.45, 2.75) is 38.1 Å². The van der Waals surface area contributed by atoms with Crippen molar-refractivity contribution in [2.24, 2.45) is 0 Å². The van der Waals surface area contributed by atoms with Crippen molar-refractivity contribution >= 4 is 27.3 Å². The summed E-state index contributed by atoms with van der Waals surface area (Å²) >= 11 is 5.06. The maximum Gasteiger partial charge on any atom is 0.0982 e. The largest absolute Gasteiger partial charge is 0.246 e. The fourth-order valence-electron chi connectivity index (χ4n) is 1.37. The molecule has 0 atom stereocenters. The van der Waals surface area contributed by atoms with Crippen molar-refractivity contribution in [1.29, 1.82) is 0 Å². The van der Waals surface area contributed by atoms with E-state index >= 15 is 0 Å². The minimum atomic E-state index is 0.117. The van der Waals surface area contributed by atoms with Gasteiger partial charge in [0.05, 0.1) is 22.9 Å². The van der Waals surface area contributed by atoms with Gasteiger partial charge < -0.3 is 0 Å². The monoisotopic (exact) mass is 314 g/mol. The average Bonchev–Trinajstić information content (AvgIpc) is 2.86. The van der Waals surface area contributed by atoms with Crippen LogP contribution in [0, 0.1) is 0 Å². The Labute approximate surface area is 113 Å². The van der Waals surface area contributed by atoms with E-state index in [1.165, 1.54) is 0 Å². The molecule has 0 aromatic carbocycles. The van der Waals surface area contributed by atoms with Crippen molar-refractivity contribution in [3.05, 3.63) is 28.0 Å². The van der Waals surface area contributed by atoms with Gasteiger partial charge >= 0.3 is 0 Å². The van der Waals surface area contributed by atoms with E-state index in [0.29, 0.717) is 6.54 Å². The smallest absolute Gasteiger partial charge is 0.0982 e. The fraction of sp³-hybridized carbons (Fsp3) is 0.545. The Morgan fingerprint density at radius 1 is 1.35 bits per heavy atom. The number of aromatic nitrogens is 4. The van der Waals surface area contributed by atoms with Gasteiger partial charge in [-0.15, -0.1) is 16.4 Å². The van der Waals surface area contributed by atoms with Crippen LogP contribution in [0.5, 0.6) is 0 Å². The summed E-state index contributed by atoms with van der Waals surface area (Å²) in [7, 11) is 0. The molecule has 0 saturated carbocycles. The number of thiazole rings is 1. The Morgan fingerprint density at radius 2 is 2.12 bits per heavy atom. The molecule has 92 valence electrons. The van der Waals surface area contributed by atoms with E-state index in [-0.39, 0.29) is 5.41 Å². The molecule has 2 aromatic heterocycles. The highest BCUT2D eigenvalue weighted by molar-refractivity contribution is 9.08. The van der Waals surface area contributed by atoms with Crippen molar-refractivity contribution in [2.75, 3.05) is 0 Å². The molecule has 0 saturated heterocycles. The predicted molar refractivity (Wildman–Crippen MR) is 72.6 cm³/mol. The Hall–Kier alpha value is -0.750. The van der Waals surface area contributed by atoms with Crippen LogP contribution in [0.15, 0.2) is 11.6 Å². The highest BCUT2D eigenvalue weighted by atomic mass is 79.9. The SMILES string of the molecule is CC(C)(C)c1nc(Cn2cc(CBr)nn2)cs1. The van der Waals surface area contributed by atoms with Gasteiger partial charge in [-0.2, -0.15) is 0 Å². The van der Waals surface area contributed by atoms with E-state index in [0.717, 1.165) is 21.7 Å². The summed E-state index contributed by atoms with van der Waals surface area (Å²) in [6.45, 7) is 7.21. The number of rotatable bonds is 3. The minimum absolute atomic E-state index is 0.117. The predicted octanol–water partition coefficient (Wildman–Crippen LogP) is 2.98. The zero-order valence-corrected chi connectivity index (χ0v) is 12.5. The molecule has 0 aliphatic heterocycles. The van der Waals surface area contributed by atoms with E-state index in [1.807, 2.05) is 10.9 Å². The zero-order chi connectivity index (χ0) is 12.5. The maximum absolute atomic E-state index is 4.63. The summed E-state index contributed by atoms with van der Waals surface area (Å²) in [4.78, 5) is 4.63. The topological polar surface area (TPSA) is 43.6 Å². The van der Waals surface area contributed by atoms with Gasteiger partial charge in [0.15, 0.2) is 0 Å². The van der Waals surface area contributed by atoms with Gasteiger partial charge in [0.25, 0.3) is 0 Å². The molecule has 4 nitrogen and oxygen atoms in total. The highest BCUT2D eigenvalue weighted by Crippen LogP contribution is 2.25. The molecule has 2 rings (SSSR count). The first-order valence-corrected chi connectivity index (χ1v) is 7.39. The summed E-state index contributed by atoms with van der Waals surface area (Å²) in [6, 6.07) is 0. The first kappa shape index (κ1) is 12.7. The zero-order valence-electron chi connectivity index (χ0n) is 10.1. The molecule has 0 aliphatic carbocycles. The molecule has 0 radical (unpaired) electrons. The second-order valence-corrected chi connectivity index (χ2v) is 6.35. The highest BCUT2D eigenvalue weighted by Gasteiger charge is 2.18. The molecule has 0 aliphatic rings. The molecular weight excluding hydrogens is 300 g/mol. The summed E-state index contributed by atoms with van der Waals surface area (Å²) < 4.78 is 1.82. The number of alkyl halides is 1. The second kappa shape index (κ2) is 4.86. The third-order valence-corrected chi connectivity index (χ3v) is 4.13. The van der Waals surface area contributed by atoms with Crippen molar-refractivity contribution < 1.29 is 0 Å². The van der Waals surface area contributed by atoms with Crippen LogP contribution < -0.4 is 0 Å². The number of halogens is 1. The lowest BCUT2D eigenvalue weighted by atomic mass is 9.98. The Balaban J connectivity index is 2.11. The lowest BCUT2D eigenvalue weighted by molar-refractivity contribution is 0.577. The Morgan fingerprint density at radius 3 is 2.65 bits per heavy atom. The number of nitrogens with zero attached hydrogens (tertiary/aromatic N) is 4. The molecular formula is C11H15BrN4S. The second-order valence-electron chi connectivity index (χ2n) is 4.94. The summed E-state index contributed by atoms with van der Waals surface area (Å²) in [6.07, 6.45) is 1.94. The normalized spacial score (nSPS) is 12.0. The van der Waals surface area contributed by atoms with Crippen LogP contribution in [-0.4, -0.2) is 20.0 Å². The van der Waals surface area contributed by atoms with Crippen LogP contribution in [-0.2, 0) is 17.3 Å². The van der Waals surface area contributed by atoms with E-state index in [4.69, 9.17) is 0 Å². The van der Waals surface area contributed by atoms with Gasteiger partial charge in [0.2, 0.25) is 0 Å². The molecule has 0 spiro atoms. The van der Waals surface area contributed by atoms with E-state index in [9.17, 15) is 0 Å². The lowest BCUT2D eigenvalue weighted by Crippen LogP contribution is -2.11. The van der Waals surface area contributed by atoms with Crippen LogP contribution in [0.2, 0.25) is 0 Å². The van der Waals surface area contributed by atoms with Gasteiger partial charge in [0, 0.05) is 22.3 Å². The summed E-state index contributed by atoms with van der Waals surface area (Å²) in [5.74, 6) is 0. The quantitative estimate of drug-likeness (QED) is 0.818. The third-order valence-electron chi connectivity index (χ3n) is 2.24. The number of hydrogen-bond donors (Lipinski definition) is 0.